The summed E-state index contributed by atoms with van der Waals surface area (Å²) >= 11 is 0. The molecule has 1 saturated carbocycles. The number of hydrogen-bond donors (Lipinski definition) is 2. The summed E-state index contributed by atoms with van der Waals surface area (Å²) in [5, 5.41) is 11.8. The average Bonchev–Trinajstić information content (AvgIpc) is 2.71. The van der Waals surface area contributed by atoms with Crippen molar-refractivity contribution < 1.29 is 19.5 Å². The van der Waals surface area contributed by atoms with E-state index >= 15 is 0 Å². The van der Waals surface area contributed by atoms with Crippen LogP contribution in [0.2, 0.25) is 0 Å². The Balaban J connectivity index is 1.95. The van der Waals surface area contributed by atoms with Gasteiger partial charge in [0.15, 0.2) is 0 Å². The molecule has 2 fully saturated rings. The number of carboxylic acid groups (broad SMARTS) is 1. The summed E-state index contributed by atoms with van der Waals surface area (Å²) in [6.07, 6.45) is 4.18. The fourth-order valence-electron chi connectivity index (χ4n) is 3.13. The Hall–Kier alpha value is -2.37. The molecule has 1 saturated heterocycles. The summed E-state index contributed by atoms with van der Waals surface area (Å²) in [5.74, 6) is -1.36. The van der Waals surface area contributed by atoms with Crippen LogP contribution in [-0.2, 0) is 4.79 Å². The maximum atomic E-state index is 12.7. The molecule has 21 heavy (non-hydrogen) atoms. The van der Waals surface area contributed by atoms with E-state index in [1.54, 1.807) is 6.07 Å². The monoisotopic (exact) mass is 288 g/mol. The third-order valence-corrected chi connectivity index (χ3v) is 4.22. The van der Waals surface area contributed by atoms with Crippen LogP contribution >= 0.6 is 0 Å². The zero-order chi connectivity index (χ0) is 15.0. The van der Waals surface area contributed by atoms with Crippen molar-refractivity contribution in [3.8, 4) is 0 Å². The molecule has 1 heterocycles. The minimum atomic E-state index is -1.09. The minimum absolute atomic E-state index is 0.0534. The SMILES string of the molecule is O=C(O)c1cccc(N2C(=O)NC3(CCCCC3)C2=O)c1. The highest BCUT2D eigenvalue weighted by molar-refractivity contribution is 6.23. The van der Waals surface area contributed by atoms with Crippen LogP contribution in [0.15, 0.2) is 24.3 Å². The van der Waals surface area contributed by atoms with E-state index in [2.05, 4.69) is 5.32 Å². The summed E-state index contributed by atoms with van der Waals surface area (Å²) < 4.78 is 0. The van der Waals surface area contributed by atoms with E-state index in [1.807, 2.05) is 0 Å². The number of benzene rings is 1. The predicted molar refractivity (Wildman–Crippen MR) is 75.2 cm³/mol. The molecule has 2 aliphatic rings. The molecule has 0 atom stereocenters. The molecular weight excluding hydrogens is 272 g/mol. The van der Waals surface area contributed by atoms with Gasteiger partial charge in [-0.25, -0.2) is 14.5 Å². The number of anilines is 1. The molecule has 0 radical (unpaired) electrons. The van der Waals surface area contributed by atoms with Crippen LogP contribution in [0, 0.1) is 0 Å². The highest BCUT2D eigenvalue weighted by atomic mass is 16.4. The fraction of sp³-hybridized carbons (Fsp3) is 0.400. The summed E-state index contributed by atoms with van der Waals surface area (Å²) in [6.45, 7) is 0. The number of carboxylic acids is 1. The van der Waals surface area contributed by atoms with Gasteiger partial charge in [-0.05, 0) is 31.0 Å². The topological polar surface area (TPSA) is 86.7 Å². The second-order valence-electron chi connectivity index (χ2n) is 5.57. The number of carbonyl (C=O) groups excluding carboxylic acids is 2. The van der Waals surface area contributed by atoms with E-state index in [1.165, 1.54) is 18.2 Å². The lowest BCUT2D eigenvalue weighted by Gasteiger charge is -2.30. The van der Waals surface area contributed by atoms with Gasteiger partial charge in [-0.2, -0.15) is 0 Å². The number of rotatable bonds is 2. The van der Waals surface area contributed by atoms with Crippen molar-refractivity contribution >= 4 is 23.6 Å². The van der Waals surface area contributed by atoms with Crippen molar-refractivity contribution in [3.05, 3.63) is 29.8 Å². The molecule has 1 aliphatic carbocycles. The first-order valence-electron chi connectivity index (χ1n) is 7.04. The normalized spacial score (nSPS) is 20.7. The zero-order valence-corrected chi connectivity index (χ0v) is 11.5. The molecular formula is C15H16N2O4. The van der Waals surface area contributed by atoms with Crippen molar-refractivity contribution in [2.45, 2.75) is 37.6 Å². The molecule has 1 aromatic carbocycles. The molecule has 0 bridgehead atoms. The van der Waals surface area contributed by atoms with Gasteiger partial charge in [0.2, 0.25) is 0 Å². The van der Waals surface area contributed by atoms with Crippen molar-refractivity contribution in [1.29, 1.82) is 0 Å². The van der Waals surface area contributed by atoms with Crippen LogP contribution in [0.4, 0.5) is 10.5 Å². The molecule has 1 spiro atoms. The number of carbonyl (C=O) groups is 3. The van der Waals surface area contributed by atoms with Gasteiger partial charge in [0.05, 0.1) is 11.3 Å². The zero-order valence-electron chi connectivity index (χ0n) is 11.5. The standard InChI is InChI=1S/C15H16N2O4/c18-12(19)10-5-4-6-11(9-10)17-13(20)15(16-14(17)21)7-2-1-3-8-15/h4-6,9H,1-3,7-8H2,(H,16,21)(H,18,19). The van der Waals surface area contributed by atoms with Gasteiger partial charge >= 0.3 is 12.0 Å². The van der Waals surface area contributed by atoms with Crippen molar-refractivity contribution in [3.63, 3.8) is 0 Å². The molecule has 2 N–H and O–H groups in total. The predicted octanol–water partition coefficient (Wildman–Crippen LogP) is 2.14. The van der Waals surface area contributed by atoms with Gasteiger partial charge < -0.3 is 10.4 Å². The molecule has 1 aromatic rings. The third-order valence-electron chi connectivity index (χ3n) is 4.22. The maximum absolute atomic E-state index is 12.7. The lowest BCUT2D eigenvalue weighted by atomic mass is 9.81. The van der Waals surface area contributed by atoms with Gasteiger partial charge in [-0.3, -0.25) is 4.79 Å². The number of nitrogens with one attached hydrogen (secondary N) is 1. The van der Waals surface area contributed by atoms with Crippen LogP contribution in [0.5, 0.6) is 0 Å². The van der Waals surface area contributed by atoms with E-state index in [0.29, 0.717) is 18.5 Å². The highest BCUT2D eigenvalue weighted by Crippen LogP contribution is 2.35. The van der Waals surface area contributed by atoms with Gasteiger partial charge in [0.1, 0.15) is 5.54 Å². The quantitative estimate of drug-likeness (QED) is 0.816. The molecule has 3 rings (SSSR count). The van der Waals surface area contributed by atoms with E-state index in [-0.39, 0.29) is 11.5 Å². The van der Waals surface area contributed by atoms with Crippen molar-refractivity contribution in [1.82, 2.24) is 5.32 Å². The fourth-order valence-corrected chi connectivity index (χ4v) is 3.13. The first-order chi connectivity index (χ1) is 10.0. The van der Waals surface area contributed by atoms with E-state index in [0.717, 1.165) is 24.2 Å². The Morgan fingerprint density at radius 2 is 1.90 bits per heavy atom. The Morgan fingerprint density at radius 1 is 1.19 bits per heavy atom. The smallest absolute Gasteiger partial charge is 0.335 e. The Labute approximate surface area is 121 Å². The number of imide groups is 1. The molecule has 110 valence electrons. The van der Waals surface area contributed by atoms with Gasteiger partial charge in [0, 0.05) is 0 Å². The minimum Gasteiger partial charge on any atom is -0.478 e. The van der Waals surface area contributed by atoms with Crippen LogP contribution in [0.1, 0.15) is 42.5 Å². The van der Waals surface area contributed by atoms with Crippen LogP contribution in [0.3, 0.4) is 0 Å². The number of urea groups is 1. The largest absolute Gasteiger partial charge is 0.478 e. The van der Waals surface area contributed by atoms with E-state index in [4.69, 9.17) is 5.11 Å². The Kier molecular flexibility index (Phi) is 3.16. The lowest BCUT2D eigenvalue weighted by molar-refractivity contribution is -0.123. The number of hydrogen-bond acceptors (Lipinski definition) is 3. The van der Waals surface area contributed by atoms with Crippen LogP contribution in [-0.4, -0.2) is 28.6 Å². The third kappa shape index (κ3) is 2.16. The molecule has 0 aromatic heterocycles. The Bertz CT molecular complexity index is 620. The second kappa shape index (κ2) is 4.87. The van der Waals surface area contributed by atoms with Gasteiger partial charge in [-0.1, -0.05) is 25.3 Å². The Morgan fingerprint density at radius 3 is 2.57 bits per heavy atom. The lowest BCUT2D eigenvalue weighted by Crippen LogP contribution is -2.48. The van der Waals surface area contributed by atoms with Crippen molar-refractivity contribution in [2.24, 2.45) is 0 Å². The van der Waals surface area contributed by atoms with E-state index < -0.39 is 17.5 Å². The highest BCUT2D eigenvalue weighted by Gasteiger charge is 2.51. The average molecular weight is 288 g/mol. The number of aromatic carboxylic acids is 1. The summed E-state index contributed by atoms with van der Waals surface area (Å²) in [5.41, 5.74) is -0.438. The molecule has 3 amide bonds. The number of amides is 3. The second-order valence-corrected chi connectivity index (χ2v) is 5.57. The first-order valence-corrected chi connectivity index (χ1v) is 7.04. The van der Waals surface area contributed by atoms with Gasteiger partial charge in [-0.15, -0.1) is 0 Å². The van der Waals surface area contributed by atoms with Crippen LogP contribution in [0.25, 0.3) is 0 Å². The molecule has 6 nitrogen and oxygen atoms in total. The van der Waals surface area contributed by atoms with Crippen LogP contribution < -0.4 is 10.2 Å². The first kappa shape index (κ1) is 13.6. The number of nitrogens with zero attached hydrogens (tertiary/aromatic N) is 1. The summed E-state index contributed by atoms with van der Waals surface area (Å²) in [7, 11) is 0. The molecule has 6 heteroatoms. The maximum Gasteiger partial charge on any atom is 0.335 e. The van der Waals surface area contributed by atoms with E-state index in [9.17, 15) is 14.4 Å². The van der Waals surface area contributed by atoms with Gasteiger partial charge in [0.25, 0.3) is 5.91 Å². The summed E-state index contributed by atoms with van der Waals surface area (Å²) in [4.78, 5) is 36.9. The molecule has 1 aliphatic heterocycles. The summed E-state index contributed by atoms with van der Waals surface area (Å²) in [6, 6.07) is 5.42. The molecule has 0 unspecified atom stereocenters. The van der Waals surface area contributed by atoms with Crippen molar-refractivity contribution in [2.75, 3.05) is 4.90 Å².